The van der Waals surface area contributed by atoms with Gasteiger partial charge >= 0.3 is 12.1 Å². The Hall–Kier alpha value is -5.28. The number of rotatable bonds is 8. The molecule has 45 heavy (non-hydrogen) atoms. The molecule has 4 atom stereocenters. The average Bonchev–Trinajstić information content (AvgIpc) is 3.57. The number of fused-ring (bicyclic) bond motifs is 1. The molecule has 232 valence electrons. The summed E-state index contributed by atoms with van der Waals surface area (Å²) in [5, 5.41) is 2.67. The molecule has 4 aromatic rings. The number of hydrogen-bond donors (Lipinski definition) is 1. The van der Waals surface area contributed by atoms with E-state index in [1.54, 1.807) is 66.9 Å². The number of imidazole rings is 1. The first-order valence-corrected chi connectivity index (χ1v) is 14.6. The average molecular weight is 611 g/mol. The predicted molar refractivity (Wildman–Crippen MR) is 167 cm³/mol. The Morgan fingerprint density at radius 1 is 1.09 bits per heavy atom. The van der Waals surface area contributed by atoms with Crippen molar-refractivity contribution in [1.82, 2.24) is 19.5 Å². The minimum atomic E-state index is -1.04. The minimum Gasteiger partial charge on any atom is -0.457 e. The maximum atomic E-state index is 13.9. The molecule has 2 aromatic heterocycles. The van der Waals surface area contributed by atoms with Gasteiger partial charge in [0.05, 0.1) is 17.7 Å². The van der Waals surface area contributed by atoms with Gasteiger partial charge in [0.15, 0.2) is 23.5 Å². The van der Waals surface area contributed by atoms with Crippen LogP contribution in [0.2, 0.25) is 0 Å². The van der Waals surface area contributed by atoms with E-state index in [2.05, 4.69) is 26.2 Å². The molecule has 1 saturated heterocycles. The van der Waals surface area contributed by atoms with Gasteiger partial charge in [-0.1, -0.05) is 70.0 Å². The SMILES string of the molecule is C#C[C@]1(CC)O[C@@H](n2cnc3c(OC(=O)N(c4ccccc4)c4ccccc4)nc(NC(=O)C(C)C)nc32)[C@@H](OC(C)=O)C1C. The second-order valence-corrected chi connectivity index (χ2v) is 11.0. The Bertz CT molecular complexity index is 1710. The second kappa shape index (κ2) is 12.8. The summed E-state index contributed by atoms with van der Waals surface area (Å²) in [7, 11) is 0. The number of ether oxygens (including phenoxy) is 3. The molecule has 3 heterocycles. The Morgan fingerprint density at radius 3 is 2.24 bits per heavy atom. The third kappa shape index (κ3) is 6.07. The Labute approximate surface area is 260 Å². The Morgan fingerprint density at radius 2 is 1.71 bits per heavy atom. The second-order valence-electron chi connectivity index (χ2n) is 11.0. The largest absolute Gasteiger partial charge is 0.457 e. The summed E-state index contributed by atoms with van der Waals surface area (Å²) in [6.07, 6.45) is 5.30. The van der Waals surface area contributed by atoms with Gasteiger partial charge in [0.25, 0.3) is 5.88 Å². The summed E-state index contributed by atoms with van der Waals surface area (Å²) in [4.78, 5) is 53.5. The molecule has 1 N–H and O–H groups in total. The quantitative estimate of drug-likeness (QED) is 0.199. The molecular weight excluding hydrogens is 576 g/mol. The molecule has 1 aliphatic heterocycles. The van der Waals surface area contributed by atoms with E-state index in [1.807, 2.05) is 26.0 Å². The molecule has 0 bridgehead atoms. The van der Waals surface area contributed by atoms with E-state index in [0.717, 1.165) is 0 Å². The number of carbonyl (C=O) groups is 3. The standard InChI is InChI=1S/C33H34N6O6/c1-7-33(8-2)21(5)26(43-22(6)40)30(45-33)38-19-34-25-27(38)35-31(36-28(41)20(3)4)37-29(25)44-32(42)39(23-15-11-9-12-16-23)24-17-13-10-14-18-24/h1,9-21,26,30H,8H2,2-6H3,(H,35,36,37,41)/t21?,26-,30+,33+/m0/s1. The van der Waals surface area contributed by atoms with E-state index in [9.17, 15) is 14.4 Å². The van der Waals surface area contributed by atoms with E-state index in [4.69, 9.17) is 20.6 Å². The highest BCUT2D eigenvalue weighted by atomic mass is 16.6. The van der Waals surface area contributed by atoms with E-state index < -0.39 is 30.0 Å². The van der Waals surface area contributed by atoms with Crippen LogP contribution >= 0.6 is 0 Å². The number of hydrogen-bond acceptors (Lipinski definition) is 9. The van der Waals surface area contributed by atoms with Gasteiger partial charge in [-0.2, -0.15) is 9.97 Å². The summed E-state index contributed by atoms with van der Waals surface area (Å²) in [5.41, 5.74) is 0.349. The molecule has 2 aromatic carbocycles. The normalized spacial score (nSPS) is 20.9. The fraction of sp³-hybridized carbons (Fsp3) is 0.333. The van der Waals surface area contributed by atoms with Crippen LogP contribution in [0.15, 0.2) is 67.0 Å². The smallest absolute Gasteiger partial charge is 0.425 e. The number of nitrogens with zero attached hydrogens (tertiary/aromatic N) is 5. The highest BCUT2D eigenvalue weighted by molar-refractivity contribution is 5.98. The zero-order chi connectivity index (χ0) is 32.3. The van der Waals surface area contributed by atoms with E-state index in [1.165, 1.54) is 18.2 Å². The fourth-order valence-electron chi connectivity index (χ4n) is 5.24. The van der Waals surface area contributed by atoms with Crippen molar-refractivity contribution in [2.75, 3.05) is 10.2 Å². The van der Waals surface area contributed by atoms with Gasteiger partial charge in [-0.05, 0) is 30.7 Å². The molecule has 12 nitrogen and oxygen atoms in total. The lowest BCUT2D eigenvalue weighted by molar-refractivity contribution is -0.153. The number of esters is 1. The molecule has 0 radical (unpaired) electrons. The number of aromatic nitrogens is 4. The van der Waals surface area contributed by atoms with Crippen LogP contribution in [0, 0.1) is 24.2 Å². The van der Waals surface area contributed by atoms with Crippen molar-refractivity contribution in [3.8, 4) is 18.2 Å². The highest BCUT2D eigenvalue weighted by Gasteiger charge is 2.54. The molecule has 0 saturated carbocycles. The van der Waals surface area contributed by atoms with E-state index >= 15 is 0 Å². The molecule has 2 amide bonds. The van der Waals surface area contributed by atoms with E-state index in [0.29, 0.717) is 17.8 Å². The van der Waals surface area contributed by atoms with Crippen molar-refractivity contribution in [2.45, 2.75) is 59.0 Å². The summed E-state index contributed by atoms with van der Waals surface area (Å²) in [6.45, 7) is 8.49. The van der Waals surface area contributed by atoms with Crippen molar-refractivity contribution in [3.63, 3.8) is 0 Å². The zero-order valence-corrected chi connectivity index (χ0v) is 25.6. The first-order chi connectivity index (χ1) is 21.6. The van der Waals surface area contributed by atoms with Gasteiger partial charge in [-0.15, -0.1) is 6.42 Å². The van der Waals surface area contributed by atoms with Crippen molar-refractivity contribution >= 4 is 46.5 Å². The maximum Gasteiger partial charge on any atom is 0.425 e. The lowest BCUT2D eigenvalue weighted by Gasteiger charge is -2.25. The molecule has 12 heteroatoms. The lowest BCUT2D eigenvalue weighted by atomic mass is 9.85. The number of terminal acetylenes is 1. The molecule has 5 rings (SSSR count). The maximum absolute atomic E-state index is 13.9. The Kier molecular flexibility index (Phi) is 8.83. The van der Waals surface area contributed by atoms with Gasteiger partial charge < -0.3 is 14.2 Å². The zero-order valence-electron chi connectivity index (χ0n) is 25.6. The number of nitrogens with one attached hydrogen (secondary N) is 1. The number of para-hydroxylation sites is 2. The van der Waals surface area contributed by atoms with Crippen molar-refractivity contribution < 1.29 is 28.6 Å². The molecule has 0 aliphatic carbocycles. The number of carbonyl (C=O) groups excluding carboxylic acids is 3. The first-order valence-electron chi connectivity index (χ1n) is 14.6. The van der Waals surface area contributed by atoms with Crippen molar-refractivity contribution in [3.05, 3.63) is 67.0 Å². The number of anilines is 3. The third-order valence-electron chi connectivity index (χ3n) is 7.73. The monoisotopic (exact) mass is 610 g/mol. The lowest BCUT2D eigenvalue weighted by Crippen LogP contribution is -2.35. The van der Waals surface area contributed by atoms with Crippen molar-refractivity contribution in [1.29, 1.82) is 0 Å². The summed E-state index contributed by atoms with van der Waals surface area (Å²) in [5.74, 6) is 0.782. The molecule has 1 aliphatic rings. The van der Waals surface area contributed by atoms with Crippen LogP contribution in [-0.2, 0) is 19.1 Å². The number of amides is 2. The van der Waals surface area contributed by atoms with Crippen LogP contribution in [0.25, 0.3) is 11.2 Å². The Balaban J connectivity index is 1.62. The van der Waals surface area contributed by atoms with Crippen LogP contribution < -0.4 is 15.0 Å². The predicted octanol–water partition coefficient (Wildman–Crippen LogP) is 5.64. The van der Waals surface area contributed by atoms with Gasteiger partial charge in [0, 0.05) is 18.8 Å². The molecule has 0 spiro atoms. The molecule has 1 fully saturated rings. The third-order valence-corrected chi connectivity index (χ3v) is 7.73. The minimum absolute atomic E-state index is 0.111. The highest BCUT2D eigenvalue weighted by Crippen LogP contribution is 2.46. The number of benzene rings is 2. The molecule has 1 unspecified atom stereocenters. The van der Waals surface area contributed by atoms with Gasteiger partial charge in [0.2, 0.25) is 11.9 Å². The summed E-state index contributed by atoms with van der Waals surface area (Å²) < 4.78 is 19.6. The summed E-state index contributed by atoms with van der Waals surface area (Å²) >= 11 is 0. The van der Waals surface area contributed by atoms with Crippen LogP contribution in [0.3, 0.4) is 0 Å². The van der Waals surface area contributed by atoms with Gasteiger partial charge in [0.1, 0.15) is 5.60 Å². The van der Waals surface area contributed by atoms with Crippen LogP contribution in [0.1, 0.15) is 47.3 Å². The van der Waals surface area contributed by atoms with E-state index in [-0.39, 0.29) is 40.7 Å². The van der Waals surface area contributed by atoms with Crippen LogP contribution in [-0.4, -0.2) is 49.2 Å². The van der Waals surface area contributed by atoms with Crippen LogP contribution in [0.5, 0.6) is 5.88 Å². The van der Waals surface area contributed by atoms with Gasteiger partial charge in [-0.25, -0.2) is 14.7 Å². The summed E-state index contributed by atoms with van der Waals surface area (Å²) in [6, 6.07) is 18.0. The molecular formula is C33H34N6O6. The fourth-order valence-corrected chi connectivity index (χ4v) is 5.24. The first kappa shape index (κ1) is 31.2. The van der Waals surface area contributed by atoms with Crippen molar-refractivity contribution in [2.24, 2.45) is 11.8 Å². The van der Waals surface area contributed by atoms with Crippen LogP contribution in [0.4, 0.5) is 22.1 Å². The topological polar surface area (TPSA) is 138 Å². The van der Waals surface area contributed by atoms with Gasteiger partial charge in [-0.3, -0.25) is 19.5 Å².